The fourth-order valence-electron chi connectivity index (χ4n) is 3.26. The fraction of sp³-hybridized carbons (Fsp3) is 0.238. The van der Waals surface area contributed by atoms with Gasteiger partial charge in [-0.2, -0.15) is 0 Å². The number of halogens is 1. The maximum atomic E-state index is 13.4. The summed E-state index contributed by atoms with van der Waals surface area (Å²) < 4.78 is 10.5. The first kappa shape index (κ1) is 20.7. The molecule has 1 N–H and O–H groups in total. The molecule has 2 aromatic carbocycles. The summed E-state index contributed by atoms with van der Waals surface area (Å²) in [5.74, 6) is -0.105. The smallest absolute Gasteiger partial charge is 0.282 e. The number of hydrogen-bond acceptors (Lipinski definition) is 6. The van der Waals surface area contributed by atoms with Crippen molar-refractivity contribution in [3.8, 4) is 11.5 Å². The van der Waals surface area contributed by atoms with Gasteiger partial charge in [0.05, 0.1) is 37.1 Å². The average Bonchev–Trinajstić information content (AvgIpc) is 2.98. The number of methoxy groups -OCH3 is 2. The zero-order valence-electron chi connectivity index (χ0n) is 16.3. The van der Waals surface area contributed by atoms with E-state index in [9.17, 15) is 14.7 Å². The molecule has 0 aromatic heterocycles. The first-order valence-electron chi connectivity index (χ1n) is 8.86. The third kappa shape index (κ3) is 3.66. The van der Waals surface area contributed by atoms with Gasteiger partial charge in [0.25, 0.3) is 11.8 Å². The molecule has 8 heteroatoms. The van der Waals surface area contributed by atoms with Crippen LogP contribution < -0.4 is 14.4 Å². The van der Waals surface area contributed by atoms with E-state index in [0.29, 0.717) is 22.7 Å². The van der Waals surface area contributed by atoms with Crippen molar-refractivity contribution in [2.45, 2.75) is 0 Å². The number of amides is 2. The van der Waals surface area contributed by atoms with E-state index < -0.39 is 11.8 Å². The number of carbonyl (C=O) groups excluding carboxylic acids is 2. The van der Waals surface area contributed by atoms with Gasteiger partial charge in [-0.05, 0) is 24.3 Å². The molecule has 0 aliphatic carbocycles. The molecule has 0 saturated carbocycles. The lowest BCUT2D eigenvalue weighted by Crippen LogP contribution is -2.34. The number of likely N-dealkylation sites (N-methyl/N-ethyl adjacent to an activating group) is 1. The molecule has 2 aromatic rings. The van der Waals surface area contributed by atoms with Crippen molar-refractivity contribution in [1.29, 1.82) is 0 Å². The number of anilines is 1. The molecule has 0 unspecified atom stereocenters. The molecule has 1 heterocycles. The number of nitrogens with zero attached hydrogens (tertiary/aromatic N) is 2. The van der Waals surface area contributed by atoms with Crippen LogP contribution in [0.1, 0.15) is 5.56 Å². The highest BCUT2D eigenvalue weighted by Gasteiger charge is 2.42. The third-order valence-electron chi connectivity index (χ3n) is 4.65. The highest BCUT2D eigenvalue weighted by atomic mass is 35.5. The Bertz CT molecular complexity index is 989. The zero-order chi connectivity index (χ0) is 21.1. The first-order chi connectivity index (χ1) is 13.9. The zero-order valence-corrected chi connectivity index (χ0v) is 17.1. The van der Waals surface area contributed by atoms with Crippen molar-refractivity contribution in [2.75, 3.05) is 39.3 Å². The number of hydrogen-bond donors (Lipinski definition) is 1. The Hall–Kier alpha value is -3.03. The largest absolute Gasteiger partial charge is 0.496 e. The average molecular weight is 417 g/mol. The normalized spacial score (nSPS) is 13.9. The van der Waals surface area contributed by atoms with E-state index >= 15 is 0 Å². The summed E-state index contributed by atoms with van der Waals surface area (Å²) in [6.07, 6.45) is 0. The minimum absolute atomic E-state index is 0.172. The molecule has 1 aliphatic heterocycles. The standard InChI is InChI=1S/C21H21ClN2O5/c1-23(10-11-25)19-18(14-6-4-5-7-16(14)28-2)20(26)24(21(19)27)13-8-9-17(29-3)15(22)12-13/h4-9,12,25H,10-11H2,1-3H3. The minimum Gasteiger partial charge on any atom is -0.496 e. The number of ether oxygens (including phenoxy) is 2. The molecule has 0 fully saturated rings. The molecular formula is C21H21ClN2O5. The molecule has 3 rings (SSSR count). The van der Waals surface area contributed by atoms with E-state index in [1.54, 1.807) is 48.3 Å². The topological polar surface area (TPSA) is 79.3 Å². The van der Waals surface area contributed by atoms with Gasteiger partial charge in [0, 0.05) is 19.2 Å². The molecule has 2 amide bonds. The first-order valence-corrected chi connectivity index (χ1v) is 9.24. The van der Waals surface area contributed by atoms with Crippen molar-refractivity contribution >= 4 is 34.7 Å². The van der Waals surface area contributed by atoms with Crippen LogP contribution in [0.3, 0.4) is 0 Å². The summed E-state index contributed by atoms with van der Waals surface area (Å²) in [4.78, 5) is 29.3. The van der Waals surface area contributed by atoms with Gasteiger partial charge in [0.1, 0.15) is 17.2 Å². The molecule has 0 spiro atoms. The van der Waals surface area contributed by atoms with Gasteiger partial charge in [-0.3, -0.25) is 9.59 Å². The van der Waals surface area contributed by atoms with Crippen LogP contribution >= 0.6 is 11.6 Å². The van der Waals surface area contributed by atoms with Gasteiger partial charge in [-0.15, -0.1) is 0 Å². The van der Waals surface area contributed by atoms with Crippen LogP contribution in [0.25, 0.3) is 5.57 Å². The van der Waals surface area contributed by atoms with E-state index in [1.165, 1.54) is 20.3 Å². The summed E-state index contributed by atoms with van der Waals surface area (Å²) >= 11 is 6.20. The van der Waals surface area contributed by atoms with Crippen LogP contribution in [-0.2, 0) is 9.59 Å². The quantitative estimate of drug-likeness (QED) is 0.699. The second-order valence-corrected chi connectivity index (χ2v) is 6.74. The number of benzene rings is 2. The van der Waals surface area contributed by atoms with Gasteiger partial charge in [0.15, 0.2) is 0 Å². The second kappa shape index (κ2) is 8.55. The molecule has 29 heavy (non-hydrogen) atoms. The van der Waals surface area contributed by atoms with E-state index in [0.717, 1.165) is 4.90 Å². The van der Waals surface area contributed by atoms with Gasteiger partial charge in [0.2, 0.25) is 0 Å². The van der Waals surface area contributed by atoms with Crippen molar-refractivity contribution in [3.05, 3.63) is 58.7 Å². The predicted molar refractivity (Wildman–Crippen MR) is 110 cm³/mol. The number of carbonyl (C=O) groups is 2. The molecular weight excluding hydrogens is 396 g/mol. The lowest BCUT2D eigenvalue weighted by molar-refractivity contribution is -0.120. The number of imide groups is 1. The van der Waals surface area contributed by atoms with Gasteiger partial charge < -0.3 is 19.5 Å². The van der Waals surface area contributed by atoms with Gasteiger partial charge >= 0.3 is 0 Å². The lowest BCUT2D eigenvalue weighted by atomic mass is 10.0. The van der Waals surface area contributed by atoms with E-state index in [2.05, 4.69) is 0 Å². The van der Waals surface area contributed by atoms with Crippen molar-refractivity contribution in [2.24, 2.45) is 0 Å². The van der Waals surface area contributed by atoms with Crippen LogP contribution in [0.15, 0.2) is 48.2 Å². The highest BCUT2D eigenvalue weighted by molar-refractivity contribution is 6.46. The van der Waals surface area contributed by atoms with Crippen LogP contribution in [-0.4, -0.2) is 56.2 Å². The third-order valence-corrected chi connectivity index (χ3v) is 4.94. The maximum Gasteiger partial charge on any atom is 0.282 e. The van der Waals surface area contributed by atoms with E-state index in [1.807, 2.05) is 0 Å². The summed E-state index contributed by atoms with van der Waals surface area (Å²) in [6, 6.07) is 11.7. The molecule has 152 valence electrons. The lowest BCUT2D eigenvalue weighted by Gasteiger charge is -2.20. The Balaban J connectivity index is 2.16. The van der Waals surface area contributed by atoms with Crippen molar-refractivity contribution in [1.82, 2.24) is 4.90 Å². The maximum absolute atomic E-state index is 13.4. The number of para-hydroxylation sites is 1. The molecule has 0 radical (unpaired) electrons. The molecule has 0 bridgehead atoms. The molecule has 7 nitrogen and oxygen atoms in total. The minimum atomic E-state index is -0.506. The van der Waals surface area contributed by atoms with Gasteiger partial charge in [-0.1, -0.05) is 29.8 Å². The van der Waals surface area contributed by atoms with Crippen molar-refractivity contribution in [3.63, 3.8) is 0 Å². The SMILES string of the molecule is COc1ccc(N2C(=O)C(c3ccccc3OC)=C(N(C)CCO)C2=O)cc1Cl. The molecule has 1 aliphatic rings. The number of rotatable bonds is 7. The van der Waals surface area contributed by atoms with E-state index in [4.69, 9.17) is 21.1 Å². The molecule has 0 saturated heterocycles. The van der Waals surface area contributed by atoms with Gasteiger partial charge in [-0.25, -0.2) is 4.90 Å². The summed E-state index contributed by atoms with van der Waals surface area (Å²) in [5, 5.41) is 9.63. The summed E-state index contributed by atoms with van der Waals surface area (Å²) in [7, 11) is 4.63. The second-order valence-electron chi connectivity index (χ2n) is 6.33. The van der Waals surface area contributed by atoms with Crippen LogP contribution in [0.4, 0.5) is 5.69 Å². The fourth-order valence-corrected chi connectivity index (χ4v) is 3.51. The Morgan fingerprint density at radius 1 is 1.03 bits per heavy atom. The van der Waals surface area contributed by atoms with E-state index in [-0.39, 0.29) is 29.4 Å². The summed E-state index contributed by atoms with van der Waals surface area (Å²) in [5.41, 5.74) is 1.21. The number of aliphatic hydroxyl groups excluding tert-OH is 1. The Kier molecular flexibility index (Phi) is 6.10. The van der Waals surface area contributed by atoms with Crippen LogP contribution in [0, 0.1) is 0 Å². The van der Waals surface area contributed by atoms with Crippen molar-refractivity contribution < 1.29 is 24.2 Å². The van der Waals surface area contributed by atoms with Crippen LogP contribution in [0.2, 0.25) is 5.02 Å². The Labute approximate surface area is 173 Å². The molecule has 0 atom stereocenters. The van der Waals surface area contributed by atoms with Crippen LogP contribution in [0.5, 0.6) is 11.5 Å². The monoisotopic (exact) mass is 416 g/mol. The Morgan fingerprint density at radius 3 is 2.34 bits per heavy atom. The Morgan fingerprint density at radius 2 is 1.72 bits per heavy atom. The highest BCUT2D eigenvalue weighted by Crippen LogP contribution is 2.39. The predicted octanol–water partition coefficient (Wildman–Crippen LogP) is 2.57. The number of aliphatic hydroxyl groups is 1. The summed E-state index contributed by atoms with van der Waals surface area (Å²) in [6.45, 7) is 0.0131.